The summed E-state index contributed by atoms with van der Waals surface area (Å²) in [7, 11) is 0. The van der Waals surface area contributed by atoms with Gasteiger partial charge < -0.3 is 15.4 Å². The van der Waals surface area contributed by atoms with Gasteiger partial charge in [0.25, 0.3) is 0 Å². The van der Waals surface area contributed by atoms with Crippen LogP contribution in [0, 0.1) is 13.8 Å². The zero-order valence-corrected chi connectivity index (χ0v) is 13.8. The molecule has 1 aromatic rings. The van der Waals surface area contributed by atoms with Crippen LogP contribution in [-0.2, 0) is 9.53 Å². The number of carbonyl (C=O) groups is 1. The quantitative estimate of drug-likeness (QED) is 0.897. The molecule has 1 aromatic carbocycles. The Labute approximate surface area is 133 Å². The summed E-state index contributed by atoms with van der Waals surface area (Å²) >= 11 is 0. The van der Waals surface area contributed by atoms with E-state index in [0.29, 0.717) is 13.0 Å². The summed E-state index contributed by atoms with van der Waals surface area (Å²) in [6, 6.07) is 6.38. The number of ether oxygens (including phenoxy) is 1. The standard InChI is InChI=1S/C16H24N2O2.ClH/c1-11-5-4-6-15(12(11)2)13(3)18-16(19)9-14-10-20-8-7-17-14;/h4-6,13-14,17H,7-10H2,1-3H3,(H,18,19);1H. The molecule has 4 nitrogen and oxygen atoms in total. The van der Waals surface area contributed by atoms with E-state index in [2.05, 4.69) is 36.6 Å². The lowest BCUT2D eigenvalue weighted by Crippen LogP contribution is -2.44. The van der Waals surface area contributed by atoms with Crippen molar-refractivity contribution in [2.45, 2.75) is 39.3 Å². The van der Waals surface area contributed by atoms with Gasteiger partial charge in [0.05, 0.1) is 19.3 Å². The number of halogens is 1. The molecule has 1 aliphatic rings. The summed E-state index contributed by atoms with van der Waals surface area (Å²) in [6.07, 6.45) is 0.467. The van der Waals surface area contributed by atoms with Crippen LogP contribution in [0.2, 0.25) is 0 Å². The second-order valence-electron chi connectivity index (χ2n) is 5.51. The van der Waals surface area contributed by atoms with Gasteiger partial charge in [-0.1, -0.05) is 18.2 Å². The van der Waals surface area contributed by atoms with Crippen LogP contribution in [0.5, 0.6) is 0 Å². The molecule has 1 heterocycles. The van der Waals surface area contributed by atoms with E-state index >= 15 is 0 Å². The maximum Gasteiger partial charge on any atom is 0.222 e. The highest BCUT2D eigenvalue weighted by molar-refractivity contribution is 5.85. The maximum absolute atomic E-state index is 12.1. The number of aryl methyl sites for hydroxylation is 1. The Morgan fingerprint density at radius 3 is 2.90 bits per heavy atom. The van der Waals surface area contributed by atoms with Crippen molar-refractivity contribution in [2.24, 2.45) is 0 Å². The number of morpholine rings is 1. The third-order valence-corrected chi connectivity index (χ3v) is 3.92. The lowest BCUT2D eigenvalue weighted by atomic mass is 9.98. The average Bonchev–Trinajstić information content (AvgIpc) is 2.42. The highest BCUT2D eigenvalue weighted by Crippen LogP contribution is 2.20. The molecule has 0 spiro atoms. The van der Waals surface area contributed by atoms with Crippen LogP contribution in [-0.4, -0.2) is 31.7 Å². The summed E-state index contributed by atoms with van der Waals surface area (Å²) in [4.78, 5) is 12.1. The summed E-state index contributed by atoms with van der Waals surface area (Å²) in [6.45, 7) is 8.40. The Balaban J connectivity index is 0.00000220. The number of hydrogen-bond donors (Lipinski definition) is 2. The van der Waals surface area contributed by atoms with Crippen LogP contribution in [0.3, 0.4) is 0 Å². The van der Waals surface area contributed by atoms with Crippen molar-refractivity contribution >= 4 is 18.3 Å². The Morgan fingerprint density at radius 2 is 2.24 bits per heavy atom. The van der Waals surface area contributed by atoms with E-state index in [1.54, 1.807) is 0 Å². The van der Waals surface area contributed by atoms with Crippen LogP contribution >= 0.6 is 12.4 Å². The predicted molar refractivity (Wildman–Crippen MR) is 86.9 cm³/mol. The fraction of sp³-hybridized carbons (Fsp3) is 0.562. The van der Waals surface area contributed by atoms with E-state index in [1.165, 1.54) is 16.7 Å². The molecule has 1 amide bonds. The fourth-order valence-corrected chi connectivity index (χ4v) is 2.60. The predicted octanol–water partition coefficient (Wildman–Crippen LogP) is 2.28. The number of hydrogen-bond acceptors (Lipinski definition) is 3. The van der Waals surface area contributed by atoms with E-state index in [1.807, 2.05) is 13.0 Å². The molecule has 0 saturated carbocycles. The summed E-state index contributed by atoms with van der Waals surface area (Å²) in [5, 5.41) is 6.37. The first-order valence-electron chi connectivity index (χ1n) is 7.24. The third kappa shape index (κ3) is 4.99. The number of benzene rings is 1. The van der Waals surface area contributed by atoms with Crippen molar-refractivity contribution in [1.82, 2.24) is 10.6 Å². The molecule has 2 atom stereocenters. The van der Waals surface area contributed by atoms with Crippen LogP contribution < -0.4 is 10.6 Å². The first-order valence-corrected chi connectivity index (χ1v) is 7.24. The van der Waals surface area contributed by atoms with Gasteiger partial charge in [0, 0.05) is 19.0 Å². The van der Waals surface area contributed by atoms with Crippen molar-refractivity contribution in [1.29, 1.82) is 0 Å². The first kappa shape index (κ1) is 18.0. The van der Waals surface area contributed by atoms with E-state index < -0.39 is 0 Å². The molecule has 1 fully saturated rings. The molecule has 118 valence electrons. The largest absolute Gasteiger partial charge is 0.378 e. The van der Waals surface area contributed by atoms with Gasteiger partial charge in [-0.2, -0.15) is 0 Å². The lowest BCUT2D eigenvalue weighted by molar-refractivity contribution is -0.122. The van der Waals surface area contributed by atoms with E-state index in [-0.39, 0.29) is 30.4 Å². The van der Waals surface area contributed by atoms with Gasteiger partial charge in [-0.05, 0) is 37.5 Å². The van der Waals surface area contributed by atoms with Crippen LogP contribution in [0.1, 0.15) is 36.1 Å². The zero-order valence-electron chi connectivity index (χ0n) is 12.9. The van der Waals surface area contributed by atoms with Gasteiger partial charge in [0.1, 0.15) is 0 Å². The second kappa shape index (κ2) is 8.37. The first-order chi connectivity index (χ1) is 9.58. The highest BCUT2D eigenvalue weighted by Gasteiger charge is 2.19. The molecular weight excluding hydrogens is 288 g/mol. The van der Waals surface area contributed by atoms with Gasteiger partial charge in [0.15, 0.2) is 0 Å². The number of amides is 1. The third-order valence-electron chi connectivity index (χ3n) is 3.92. The zero-order chi connectivity index (χ0) is 14.5. The van der Waals surface area contributed by atoms with E-state index in [4.69, 9.17) is 4.74 Å². The lowest BCUT2D eigenvalue weighted by Gasteiger charge is -2.24. The molecule has 5 heteroatoms. The monoisotopic (exact) mass is 312 g/mol. The Hall–Kier alpha value is -1.10. The minimum atomic E-state index is 0. The second-order valence-corrected chi connectivity index (χ2v) is 5.51. The van der Waals surface area contributed by atoms with Gasteiger partial charge in [-0.25, -0.2) is 0 Å². The van der Waals surface area contributed by atoms with Crippen molar-refractivity contribution in [3.63, 3.8) is 0 Å². The molecule has 0 bridgehead atoms. The Bertz CT molecular complexity index is 473. The Morgan fingerprint density at radius 1 is 1.48 bits per heavy atom. The van der Waals surface area contributed by atoms with E-state index in [9.17, 15) is 4.79 Å². The van der Waals surface area contributed by atoms with Crippen molar-refractivity contribution in [3.8, 4) is 0 Å². The minimum absolute atomic E-state index is 0. The average molecular weight is 313 g/mol. The molecule has 2 rings (SSSR count). The molecular formula is C16H25ClN2O2. The van der Waals surface area contributed by atoms with Crippen LogP contribution in [0.25, 0.3) is 0 Å². The molecule has 2 unspecified atom stereocenters. The van der Waals surface area contributed by atoms with Gasteiger partial charge in [0.2, 0.25) is 5.91 Å². The summed E-state index contributed by atoms with van der Waals surface area (Å²) < 4.78 is 5.36. The van der Waals surface area contributed by atoms with Gasteiger partial charge >= 0.3 is 0 Å². The molecule has 2 N–H and O–H groups in total. The number of rotatable bonds is 4. The fourth-order valence-electron chi connectivity index (χ4n) is 2.60. The highest BCUT2D eigenvalue weighted by atomic mass is 35.5. The number of nitrogens with one attached hydrogen (secondary N) is 2. The van der Waals surface area contributed by atoms with Crippen molar-refractivity contribution in [3.05, 3.63) is 34.9 Å². The van der Waals surface area contributed by atoms with Crippen LogP contribution in [0.4, 0.5) is 0 Å². The smallest absolute Gasteiger partial charge is 0.222 e. The molecule has 1 saturated heterocycles. The van der Waals surface area contributed by atoms with Crippen LogP contribution in [0.15, 0.2) is 18.2 Å². The molecule has 0 radical (unpaired) electrons. The summed E-state index contributed by atoms with van der Waals surface area (Å²) in [5.41, 5.74) is 3.69. The minimum Gasteiger partial charge on any atom is -0.378 e. The normalized spacial score (nSPS) is 19.5. The van der Waals surface area contributed by atoms with Gasteiger partial charge in [-0.15, -0.1) is 12.4 Å². The SMILES string of the molecule is Cc1cccc(C(C)NC(=O)CC2COCCN2)c1C.Cl. The van der Waals surface area contributed by atoms with Crippen molar-refractivity contribution < 1.29 is 9.53 Å². The Kier molecular flexibility index (Phi) is 7.15. The molecule has 1 aliphatic heterocycles. The maximum atomic E-state index is 12.1. The molecule has 0 aromatic heterocycles. The summed E-state index contributed by atoms with van der Waals surface area (Å²) in [5.74, 6) is 0.0707. The topological polar surface area (TPSA) is 50.4 Å². The molecule has 0 aliphatic carbocycles. The molecule has 21 heavy (non-hydrogen) atoms. The number of carbonyl (C=O) groups excluding carboxylic acids is 1. The van der Waals surface area contributed by atoms with Gasteiger partial charge in [-0.3, -0.25) is 4.79 Å². The van der Waals surface area contributed by atoms with E-state index in [0.717, 1.165) is 13.2 Å². The van der Waals surface area contributed by atoms with Crippen molar-refractivity contribution in [2.75, 3.05) is 19.8 Å².